The van der Waals surface area contributed by atoms with Gasteiger partial charge in [-0.05, 0) is 11.6 Å². The summed E-state index contributed by atoms with van der Waals surface area (Å²) in [6, 6.07) is 21.9. The van der Waals surface area contributed by atoms with Crippen molar-refractivity contribution < 1.29 is 9.72 Å². The van der Waals surface area contributed by atoms with Crippen molar-refractivity contribution in [2.45, 2.75) is 6.54 Å². The van der Waals surface area contributed by atoms with Crippen molar-refractivity contribution >= 4 is 28.6 Å². The van der Waals surface area contributed by atoms with Crippen LogP contribution in [0.4, 0.5) is 5.69 Å². The van der Waals surface area contributed by atoms with Crippen LogP contribution in [0.15, 0.2) is 88.8 Å². The average molecular weight is 427 g/mol. The van der Waals surface area contributed by atoms with E-state index in [4.69, 9.17) is 0 Å². The molecule has 9 nitrogen and oxygen atoms in total. The Kier molecular flexibility index (Phi) is 5.80. The molecule has 158 valence electrons. The van der Waals surface area contributed by atoms with Gasteiger partial charge in [-0.3, -0.25) is 19.7 Å². The van der Waals surface area contributed by atoms with E-state index in [2.05, 4.69) is 15.6 Å². The van der Waals surface area contributed by atoms with E-state index >= 15 is 0 Å². The first-order chi connectivity index (χ1) is 15.5. The van der Waals surface area contributed by atoms with Crippen LogP contribution in [-0.2, 0) is 6.54 Å². The minimum atomic E-state index is -0.607. The molecule has 0 saturated carbocycles. The predicted octanol–water partition coefficient (Wildman–Crippen LogP) is 3.12. The van der Waals surface area contributed by atoms with Crippen molar-refractivity contribution in [3.05, 3.63) is 116 Å². The number of nitrogens with zero attached hydrogens (tertiary/aromatic N) is 4. The zero-order valence-corrected chi connectivity index (χ0v) is 16.7. The van der Waals surface area contributed by atoms with Crippen LogP contribution in [0.3, 0.4) is 0 Å². The Hall–Kier alpha value is -4.66. The number of carbonyl (C=O) groups excluding carboxylic acids is 1. The van der Waals surface area contributed by atoms with Crippen molar-refractivity contribution in [1.82, 2.24) is 15.2 Å². The second kappa shape index (κ2) is 9.00. The van der Waals surface area contributed by atoms with Gasteiger partial charge in [0.1, 0.15) is 0 Å². The van der Waals surface area contributed by atoms with Gasteiger partial charge in [0.2, 0.25) is 0 Å². The topological polar surface area (TPSA) is 119 Å². The van der Waals surface area contributed by atoms with Gasteiger partial charge >= 0.3 is 0 Å². The van der Waals surface area contributed by atoms with Crippen LogP contribution < -0.4 is 11.0 Å². The van der Waals surface area contributed by atoms with Gasteiger partial charge in [0.15, 0.2) is 5.69 Å². The first-order valence-electron chi connectivity index (χ1n) is 9.64. The molecule has 0 aliphatic carbocycles. The molecule has 1 amide bonds. The fourth-order valence-electron chi connectivity index (χ4n) is 3.20. The summed E-state index contributed by atoms with van der Waals surface area (Å²) in [5.41, 5.74) is 3.36. The van der Waals surface area contributed by atoms with Crippen molar-refractivity contribution in [3.63, 3.8) is 0 Å². The van der Waals surface area contributed by atoms with Gasteiger partial charge < -0.3 is 0 Å². The number of rotatable bonds is 6. The predicted molar refractivity (Wildman–Crippen MR) is 120 cm³/mol. The van der Waals surface area contributed by atoms with Crippen molar-refractivity contribution in [2.24, 2.45) is 5.10 Å². The molecule has 9 heteroatoms. The zero-order chi connectivity index (χ0) is 22.5. The lowest BCUT2D eigenvalue weighted by atomic mass is 10.1. The molecule has 0 fully saturated rings. The number of aromatic nitrogens is 2. The SMILES string of the molecule is O=C(N/N=C/c1cccc([N+](=O)[O-])c1)c1nn(Cc2ccccc2)c(=O)c2ccccc12. The van der Waals surface area contributed by atoms with Crippen LogP contribution in [0.1, 0.15) is 21.6 Å². The highest BCUT2D eigenvalue weighted by Gasteiger charge is 2.16. The van der Waals surface area contributed by atoms with Gasteiger partial charge in [-0.25, -0.2) is 10.1 Å². The van der Waals surface area contributed by atoms with Crippen LogP contribution in [-0.4, -0.2) is 26.8 Å². The zero-order valence-electron chi connectivity index (χ0n) is 16.7. The average Bonchev–Trinajstić information content (AvgIpc) is 2.81. The number of nitrogens with one attached hydrogen (secondary N) is 1. The van der Waals surface area contributed by atoms with Crippen LogP contribution in [0.25, 0.3) is 10.8 Å². The summed E-state index contributed by atoms with van der Waals surface area (Å²) >= 11 is 0. The minimum absolute atomic E-state index is 0.0484. The molecule has 0 spiro atoms. The molecule has 0 bridgehead atoms. The molecule has 0 saturated heterocycles. The minimum Gasteiger partial charge on any atom is -0.267 e. The molecule has 4 rings (SSSR count). The number of non-ortho nitro benzene ring substituents is 1. The fraction of sp³-hybridized carbons (Fsp3) is 0.0435. The van der Waals surface area contributed by atoms with E-state index in [1.807, 2.05) is 30.3 Å². The number of amides is 1. The van der Waals surface area contributed by atoms with Gasteiger partial charge in [0.25, 0.3) is 17.2 Å². The molecule has 4 aromatic rings. The maximum atomic E-state index is 12.9. The second-order valence-corrected chi connectivity index (χ2v) is 6.89. The summed E-state index contributed by atoms with van der Waals surface area (Å²) in [5.74, 6) is -0.607. The monoisotopic (exact) mass is 427 g/mol. The molecule has 0 aliphatic heterocycles. The van der Waals surface area contributed by atoms with Gasteiger partial charge in [-0.15, -0.1) is 0 Å². The summed E-state index contributed by atoms with van der Waals surface area (Å²) in [7, 11) is 0. The third kappa shape index (κ3) is 4.41. The first kappa shape index (κ1) is 20.6. The first-order valence-corrected chi connectivity index (χ1v) is 9.64. The normalized spacial score (nSPS) is 11.0. The third-order valence-corrected chi connectivity index (χ3v) is 4.72. The molecule has 0 atom stereocenters. The van der Waals surface area contributed by atoms with E-state index in [0.717, 1.165) is 5.56 Å². The number of benzene rings is 3. The summed E-state index contributed by atoms with van der Waals surface area (Å²) in [6.45, 7) is 0.210. The molecule has 32 heavy (non-hydrogen) atoms. The maximum Gasteiger partial charge on any atom is 0.292 e. The largest absolute Gasteiger partial charge is 0.292 e. The number of nitro benzene ring substituents is 1. The quantitative estimate of drug-likeness (QED) is 0.288. The lowest BCUT2D eigenvalue weighted by Gasteiger charge is -2.10. The summed E-state index contributed by atoms with van der Waals surface area (Å²) < 4.78 is 1.25. The van der Waals surface area contributed by atoms with Crippen molar-refractivity contribution in [3.8, 4) is 0 Å². The lowest BCUT2D eigenvalue weighted by molar-refractivity contribution is -0.384. The van der Waals surface area contributed by atoms with Crippen LogP contribution in [0, 0.1) is 10.1 Å². The highest BCUT2D eigenvalue weighted by Crippen LogP contribution is 2.14. The van der Waals surface area contributed by atoms with Gasteiger partial charge in [0.05, 0.1) is 23.1 Å². The molecular formula is C23H17N5O4. The van der Waals surface area contributed by atoms with E-state index in [1.54, 1.807) is 30.3 Å². The van der Waals surface area contributed by atoms with E-state index in [-0.39, 0.29) is 23.5 Å². The molecule has 0 unspecified atom stereocenters. The summed E-state index contributed by atoms with van der Waals surface area (Å²) in [6.07, 6.45) is 1.30. The van der Waals surface area contributed by atoms with E-state index < -0.39 is 10.8 Å². The highest BCUT2D eigenvalue weighted by molar-refractivity contribution is 6.05. The number of nitro groups is 1. The van der Waals surface area contributed by atoms with Crippen molar-refractivity contribution in [2.75, 3.05) is 0 Å². The summed E-state index contributed by atoms with van der Waals surface area (Å²) in [4.78, 5) is 36.1. The molecule has 3 aromatic carbocycles. The van der Waals surface area contributed by atoms with E-state index in [0.29, 0.717) is 16.3 Å². The Bertz CT molecular complexity index is 1400. The van der Waals surface area contributed by atoms with E-state index in [9.17, 15) is 19.7 Å². The standard InChI is InChI=1S/C23H17N5O4/c29-22(25-24-14-17-9-6-10-18(13-17)28(31)32)21-19-11-4-5-12-20(19)23(30)27(26-21)15-16-7-2-1-3-8-16/h1-14H,15H2,(H,25,29)/b24-14+. The van der Waals surface area contributed by atoms with E-state index in [1.165, 1.54) is 29.1 Å². The number of carbonyl (C=O) groups is 1. The highest BCUT2D eigenvalue weighted by atomic mass is 16.6. The summed E-state index contributed by atoms with van der Waals surface area (Å²) in [5, 5.41) is 19.8. The van der Waals surface area contributed by atoms with Gasteiger partial charge in [-0.1, -0.05) is 60.7 Å². The number of hydrogen-bond acceptors (Lipinski definition) is 6. The lowest BCUT2D eigenvalue weighted by Crippen LogP contribution is -2.29. The smallest absolute Gasteiger partial charge is 0.267 e. The number of fused-ring (bicyclic) bond motifs is 1. The molecule has 1 aromatic heterocycles. The number of hydrazone groups is 1. The third-order valence-electron chi connectivity index (χ3n) is 4.72. The van der Waals surface area contributed by atoms with Crippen LogP contribution in [0.5, 0.6) is 0 Å². The Morgan fingerprint density at radius 1 is 1.03 bits per heavy atom. The number of hydrogen-bond donors (Lipinski definition) is 1. The van der Waals surface area contributed by atoms with Crippen molar-refractivity contribution in [1.29, 1.82) is 0 Å². The molecule has 0 aliphatic rings. The Balaban J connectivity index is 1.65. The molecule has 1 N–H and O–H groups in total. The molecule has 0 radical (unpaired) electrons. The van der Waals surface area contributed by atoms with Gasteiger partial charge in [0, 0.05) is 23.1 Å². The Morgan fingerprint density at radius 3 is 2.50 bits per heavy atom. The fourth-order valence-corrected chi connectivity index (χ4v) is 3.20. The second-order valence-electron chi connectivity index (χ2n) is 6.89. The Morgan fingerprint density at radius 2 is 1.75 bits per heavy atom. The maximum absolute atomic E-state index is 12.9. The van der Waals surface area contributed by atoms with Crippen LogP contribution in [0.2, 0.25) is 0 Å². The van der Waals surface area contributed by atoms with Crippen LogP contribution >= 0.6 is 0 Å². The Labute approximate surface area is 181 Å². The molecular weight excluding hydrogens is 410 g/mol. The molecule has 1 heterocycles. The van der Waals surface area contributed by atoms with Gasteiger partial charge in [-0.2, -0.15) is 10.2 Å².